The van der Waals surface area contributed by atoms with Crippen molar-refractivity contribution in [2.24, 2.45) is 0 Å². The number of aliphatic carboxylic acids is 1. The lowest BCUT2D eigenvalue weighted by Gasteiger charge is -2.21. The van der Waals surface area contributed by atoms with Crippen molar-refractivity contribution in [1.29, 1.82) is 0 Å². The first-order valence-corrected chi connectivity index (χ1v) is 9.74. The maximum Gasteiger partial charge on any atom is 0.326 e. The summed E-state index contributed by atoms with van der Waals surface area (Å²) in [4.78, 5) is 37.0. The van der Waals surface area contributed by atoms with Gasteiger partial charge in [-0.2, -0.15) is 0 Å². The fourth-order valence-corrected chi connectivity index (χ4v) is 3.23. The van der Waals surface area contributed by atoms with Crippen LogP contribution in [0.5, 0.6) is 0 Å². The number of rotatable bonds is 7. The first kappa shape index (κ1) is 19.9. The first-order chi connectivity index (χ1) is 12.2. The van der Waals surface area contributed by atoms with Crippen LogP contribution in [0.4, 0.5) is 0 Å². The molecule has 0 aromatic heterocycles. The maximum atomic E-state index is 12.2. The van der Waals surface area contributed by atoms with Crippen molar-refractivity contribution in [3.8, 4) is 0 Å². The Kier molecular flexibility index (Phi) is 6.32. The molecule has 0 saturated carbocycles. The van der Waals surface area contributed by atoms with Crippen molar-refractivity contribution in [2.45, 2.75) is 25.4 Å². The van der Waals surface area contributed by atoms with Gasteiger partial charge in [0.2, 0.25) is 15.9 Å². The van der Waals surface area contributed by atoms with E-state index in [1.165, 1.54) is 6.92 Å². The summed E-state index contributed by atoms with van der Waals surface area (Å²) >= 11 is 0. The molecule has 142 valence electrons. The second-order valence-electron chi connectivity index (χ2n) is 5.90. The Morgan fingerprint density at radius 2 is 1.88 bits per heavy atom. The number of nitrogens with zero attached hydrogens (tertiary/aromatic N) is 1. The molecule has 1 aromatic rings. The van der Waals surface area contributed by atoms with Crippen LogP contribution < -0.4 is 10.0 Å². The summed E-state index contributed by atoms with van der Waals surface area (Å²) in [5.74, 6) is -2.39. The van der Waals surface area contributed by atoms with Gasteiger partial charge in [-0.3, -0.25) is 9.59 Å². The standard InChI is InChI=1S/C16H21N3O6S/c1-2-26(24,25)17-9-14(20)19-10-12(8-13(19)16(22)23)18-15(21)11-6-4-3-5-7-11/h3-7,12-13,17H,2,8-10H2,1H3,(H,18,21)(H,22,23). The molecule has 1 heterocycles. The molecule has 26 heavy (non-hydrogen) atoms. The monoisotopic (exact) mass is 383 g/mol. The highest BCUT2D eigenvalue weighted by atomic mass is 32.2. The van der Waals surface area contributed by atoms with Crippen LogP contribution in [0.1, 0.15) is 23.7 Å². The van der Waals surface area contributed by atoms with Crippen LogP contribution in [0, 0.1) is 0 Å². The van der Waals surface area contributed by atoms with Gasteiger partial charge in [0.05, 0.1) is 12.3 Å². The van der Waals surface area contributed by atoms with Gasteiger partial charge in [-0.1, -0.05) is 18.2 Å². The minimum Gasteiger partial charge on any atom is -0.480 e. The molecule has 0 bridgehead atoms. The summed E-state index contributed by atoms with van der Waals surface area (Å²) in [5, 5.41) is 12.0. The predicted molar refractivity (Wildman–Crippen MR) is 92.9 cm³/mol. The second kappa shape index (κ2) is 8.28. The van der Waals surface area contributed by atoms with E-state index in [1.54, 1.807) is 30.3 Å². The topological polar surface area (TPSA) is 133 Å². The molecular formula is C16H21N3O6S. The molecule has 2 amide bonds. The van der Waals surface area contributed by atoms with E-state index in [0.717, 1.165) is 4.90 Å². The maximum absolute atomic E-state index is 12.2. The van der Waals surface area contributed by atoms with Crippen molar-refractivity contribution in [2.75, 3.05) is 18.8 Å². The number of hydrogen-bond acceptors (Lipinski definition) is 5. The van der Waals surface area contributed by atoms with Crippen LogP contribution >= 0.6 is 0 Å². The quantitative estimate of drug-likeness (QED) is 0.576. The molecule has 3 N–H and O–H groups in total. The van der Waals surface area contributed by atoms with E-state index in [-0.39, 0.29) is 24.6 Å². The highest BCUT2D eigenvalue weighted by Gasteiger charge is 2.40. The van der Waals surface area contributed by atoms with Gasteiger partial charge in [-0.05, 0) is 19.1 Å². The zero-order valence-electron chi connectivity index (χ0n) is 14.2. The number of carbonyl (C=O) groups is 3. The van der Waals surface area contributed by atoms with Crippen LogP contribution in [-0.2, 0) is 19.6 Å². The predicted octanol–water partition coefficient (Wildman–Crippen LogP) is -0.590. The van der Waals surface area contributed by atoms with Crippen LogP contribution in [0.2, 0.25) is 0 Å². The highest BCUT2D eigenvalue weighted by molar-refractivity contribution is 7.89. The van der Waals surface area contributed by atoms with Gasteiger partial charge in [0.15, 0.2) is 0 Å². The fraction of sp³-hybridized carbons (Fsp3) is 0.438. The second-order valence-corrected chi connectivity index (χ2v) is 7.99. The normalized spacial score (nSPS) is 20.0. The van der Waals surface area contributed by atoms with Crippen LogP contribution in [0.25, 0.3) is 0 Å². The molecule has 2 rings (SSSR count). The lowest BCUT2D eigenvalue weighted by molar-refractivity contribution is -0.147. The molecule has 0 spiro atoms. The summed E-state index contributed by atoms with van der Waals surface area (Å²) < 4.78 is 25.0. The Labute approximate surface area is 151 Å². The molecule has 2 atom stereocenters. The molecule has 1 fully saturated rings. The molecule has 1 aliphatic rings. The number of benzene rings is 1. The van der Waals surface area contributed by atoms with E-state index in [4.69, 9.17) is 0 Å². The summed E-state index contributed by atoms with van der Waals surface area (Å²) in [6.07, 6.45) is 0.0557. The first-order valence-electron chi connectivity index (χ1n) is 8.09. The number of carbonyl (C=O) groups excluding carboxylic acids is 2. The molecule has 0 radical (unpaired) electrons. The van der Waals surface area contributed by atoms with Gasteiger partial charge in [0.1, 0.15) is 6.04 Å². The zero-order valence-corrected chi connectivity index (χ0v) is 15.0. The summed E-state index contributed by atoms with van der Waals surface area (Å²) in [6.45, 7) is 0.916. The average molecular weight is 383 g/mol. The molecule has 0 aliphatic carbocycles. The molecule has 2 unspecified atom stereocenters. The highest BCUT2D eigenvalue weighted by Crippen LogP contribution is 2.19. The molecule has 1 saturated heterocycles. The molecule has 10 heteroatoms. The van der Waals surface area contributed by atoms with E-state index in [2.05, 4.69) is 10.0 Å². The molecular weight excluding hydrogens is 362 g/mol. The van der Waals surface area contributed by atoms with Gasteiger partial charge >= 0.3 is 5.97 Å². The molecule has 1 aromatic carbocycles. The smallest absolute Gasteiger partial charge is 0.326 e. The van der Waals surface area contributed by atoms with E-state index in [9.17, 15) is 27.9 Å². The molecule has 1 aliphatic heterocycles. The lowest BCUT2D eigenvalue weighted by Crippen LogP contribution is -2.46. The van der Waals surface area contributed by atoms with Crippen molar-refractivity contribution in [1.82, 2.24) is 14.9 Å². The third-order valence-corrected chi connectivity index (χ3v) is 5.45. The van der Waals surface area contributed by atoms with Crippen LogP contribution in [0.3, 0.4) is 0 Å². The number of sulfonamides is 1. The Morgan fingerprint density at radius 1 is 1.23 bits per heavy atom. The molecule has 9 nitrogen and oxygen atoms in total. The van der Waals surface area contributed by atoms with Crippen molar-refractivity contribution >= 4 is 27.8 Å². The van der Waals surface area contributed by atoms with Crippen molar-refractivity contribution < 1.29 is 27.9 Å². The average Bonchev–Trinajstić information content (AvgIpc) is 3.04. The number of hydrogen-bond donors (Lipinski definition) is 3. The number of carboxylic acids is 1. The van der Waals surface area contributed by atoms with Crippen LogP contribution in [-0.4, -0.2) is 67.1 Å². The fourth-order valence-electron chi connectivity index (χ4n) is 2.68. The number of likely N-dealkylation sites (tertiary alicyclic amines) is 1. The van der Waals surface area contributed by atoms with Crippen molar-refractivity contribution in [3.63, 3.8) is 0 Å². The number of amides is 2. The van der Waals surface area contributed by atoms with E-state index >= 15 is 0 Å². The SMILES string of the molecule is CCS(=O)(=O)NCC(=O)N1CC(NC(=O)c2ccccc2)CC1C(=O)O. The Morgan fingerprint density at radius 3 is 2.46 bits per heavy atom. The van der Waals surface area contributed by atoms with Crippen LogP contribution in [0.15, 0.2) is 30.3 Å². The van der Waals surface area contributed by atoms with Gasteiger partial charge in [0, 0.05) is 24.6 Å². The Hall–Kier alpha value is -2.46. The lowest BCUT2D eigenvalue weighted by atomic mass is 10.1. The van der Waals surface area contributed by atoms with E-state index < -0.39 is 40.5 Å². The largest absolute Gasteiger partial charge is 0.480 e. The minimum atomic E-state index is -3.57. The Bertz CT molecular complexity index is 780. The van der Waals surface area contributed by atoms with Gasteiger partial charge in [0.25, 0.3) is 5.91 Å². The van der Waals surface area contributed by atoms with Crippen molar-refractivity contribution in [3.05, 3.63) is 35.9 Å². The van der Waals surface area contributed by atoms with Gasteiger partial charge in [-0.15, -0.1) is 0 Å². The Balaban J connectivity index is 2.02. The summed E-state index contributed by atoms with van der Waals surface area (Å²) in [7, 11) is -3.57. The minimum absolute atomic E-state index is 0.00221. The number of nitrogens with one attached hydrogen (secondary N) is 2. The van der Waals surface area contributed by atoms with E-state index in [1.807, 2.05) is 0 Å². The number of carboxylic acid groups (broad SMARTS) is 1. The van der Waals surface area contributed by atoms with Gasteiger partial charge < -0.3 is 15.3 Å². The summed E-state index contributed by atoms with van der Waals surface area (Å²) in [5.41, 5.74) is 0.430. The third-order valence-electron chi connectivity index (χ3n) is 4.10. The zero-order chi connectivity index (χ0) is 19.3. The van der Waals surface area contributed by atoms with E-state index in [0.29, 0.717) is 5.56 Å². The summed E-state index contributed by atoms with van der Waals surface area (Å²) in [6, 6.07) is 6.79. The van der Waals surface area contributed by atoms with Gasteiger partial charge in [-0.25, -0.2) is 17.9 Å². The third kappa shape index (κ3) is 5.02.